The molecule has 0 spiro atoms. The quantitative estimate of drug-likeness (QED) is 0.0233. The largest absolute Gasteiger partial charge is 0.394 e. The van der Waals surface area contributed by atoms with E-state index in [1.807, 2.05) is 6.08 Å². The van der Waals surface area contributed by atoms with Gasteiger partial charge in [0.05, 0.1) is 38.6 Å². The molecule has 3 rings (SSSR count). The van der Waals surface area contributed by atoms with Crippen LogP contribution in [0.15, 0.2) is 85.1 Å². The molecule has 478 valence electrons. The molecule has 19 nitrogen and oxygen atoms in total. The van der Waals surface area contributed by atoms with Crippen molar-refractivity contribution in [2.24, 2.45) is 0 Å². The van der Waals surface area contributed by atoms with E-state index in [4.69, 9.17) is 28.4 Å². The maximum absolute atomic E-state index is 13.3. The van der Waals surface area contributed by atoms with Gasteiger partial charge in [0.2, 0.25) is 5.91 Å². The lowest BCUT2D eigenvalue weighted by Gasteiger charge is -2.48. The standard InChI is InChI=1S/C64H109NO18/c1-3-5-7-9-11-13-15-16-17-18-19-20-21-22-23-24-25-26-27-28-29-30-32-34-36-38-40-42-52(70)65-47(48(69)41-39-37-35-33-31-14-12-10-8-6-4-2)46-78-62-58(76)55(73)60(50(44-67)80-62)83-64-59(77)56(74)61(51(45-68)81-64)82-63-57(75)54(72)53(71)49(43-66)79-63/h5,7-8,10-11,13,16-17,19-20,31,33,39,41,47-51,53-64,66-69,71-77H,3-4,6,9,12,14-15,18,21-30,32,34-38,40,42-46H2,1-2H3,(H,65,70)/b7-5-,10-8+,13-11-,17-16-,20-19-,33-31+,41-39+. The van der Waals surface area contributed by atoms with Crippen molar-refractivity contribution in [2.45, 2.75) is 285 Å². The number of hydrogen-bond acceptors (Lipinski definition) is 18. The number of hydrogen-bond donors (Lipinski definition) is 12. The predicted molar refractivity (Wildman–Crippen MR) is 318 cm³/mol. The van der Waals surface area contributed by atoms with Crippen LogP contribution in [0.4, 0.5) is 0 Å². The SMILES string of the molecule is CC/C=C\C/C=C\C/C=C\C/C=C\CCCCCCCCCCCCCCCCC(=O)NC(COC1OC(CO)C(OC2OC(CO)C(OC3OC(CO)C(O)C(O)C3O)C(O)C2O)C(O)C1O)C(O)/C=C/CC/C=C/CC/C=C/CCC. The van der Waals surface area contributed by atoms with Gasteiger partial charge in [-0.3, -0.25) is 4.79 Å². The Morgan fingerprint density at radius 2 is 0.843 bits per heavy atom. The Labute approximate surface area is 495 Å². The Morgan fingerprint density at radius 3 is 1.34 bits per heavy atom. The number of carbonyl (C=O) groups excluding carboxylic acids is 1. The molecule has 0 saturated carbocycles. The van der Waals surface area contributed by atoms with Crippen molar-refractivity contribution in [1.29, 1.82) is 0 Å². The summed E-state index contributed by atoms with van der Waals surface area (Å²) in [5.41, 5.74) is 0. The van der Waals surface area contributed by atoms with E-state index < -0.39 is 124 Å². The highest BCUT2D eigenvalue weighted by Crippen LogP contribution is 2.33. The van der Waals surface area contributed by atoms with Crippen LogP contribution >= 0.6 is 0 Å². The number of aliphatic hydroxyl groups is 11. The third-order valence-corrected chi connectivity index (χ3v) is 15.1. The van der Waals surface area contributed by atoms with Gasteiger partial charge in [0.15, 0.2) is 18.9 Å². The van der Waals surface area contributed by atoms with Crippen molar-refractivity contribution in [1.82, 2.24) is 5.32 Å². The van der Waals surface area contributed by atoms with Crippen LogP contribution in [0.3, 0.4) is 0 Å². The second kappa shape index (κ2) is 46.2. The lowest BCUT2D eigenvalue weighted by Crippen LogP contribution is -2.66. The summed E-state index contributed by atoms with van der Waals surface area (Å²) in [6, 6.07) is -0.999. The summed E-state index contributed by atoms with van der Waals surface area (Å²) in [5, 5.41) is 120. The second-order valence-electron chi connectivity index (χ2n) is 22.1. The van der Waals surface area contributed by atoms with Gasteiger partial charge < -0.3 is 89.9 Å². The maximum atomic E-state index is 13.3. The Kier molecular flexibility index (Phi) is 41.3. The molecule has 0 aromatic rings. The minimum atomic E-state index is -1.98. The molecule has 0 aromatic heterocycles. The highest BCUT2D eigenvalue weighted by Gasteiger charge is 2.53. The Bertz CT molecular complexity index is 1840. The minimum absolute atomic E-state index is 0.226. The number of ether oxygens (including phenoxy) is 6. The molecule has 83 heavy (non-hydrogen) atoms. The first-order valence-corrected chi connectivity index (χ1v) is 31.3. The predicted octanol–water partition coefficient (Wildman–Crippen LogP) is 6.37. The van der Waals surface area contributed by atoms with E-state index in [2.05, 4.69) is 92.1 Å². The van der Waals surface area contributed by atoms with E-state index in [0.717, 1.165) is 89.9 Å². The van der Waals surface area contributed by atoms with Crippen molar-refractivity contribution < 1.29 is 89.4 Å². The Morgan fingerprint density at radius 1 is 0.446 bits per heavy atom. The zero-order valence-electron chi connectivity index (χ0n) is 49.9. The molecule has 3 fully saturated rings. The molecule has 17 unspecified atom stereocenters. The number of nitrogens with one attached hydrogen (secondary N) is 1. The summed E-state index contributed by atoms with van der Waals surface area (Å²) < 4.78 is 34.2. The van der Waals surface area contributed by atoms with Crippen LogP contribution in [0.1, 0.15) is 181 Å². The first-order valence-electron chi connectivity index (χ1n) is 31.3. The lowest BCUT2D eigenvalue weighted by molar-refractivity contribution is -0.379. The molecule has 3 aliphatic rings. The number of rotatable bonds is 45. The molecule has 17 atom stereocenters. The van der Waals surface area contributed by atoms with E-state index in [1.165, 1.54) is 57.8 Å². The zero-order valence-corrected chi connectivity index (χ0v) is 49.9. The number of amides is 1. The van der Waals surface area contributed by atoms with Gasteiger partial charge in [0.1, 0.15) is 73.2 Å². The first-order chi connectivity index (χ1) is 40.3. The molecule has 0 radical (unpaired) electrons. The van der Waals surface area contributed by atoms with Gasteiger partial charge in [-0.05, 0) is 77.0 Å². The Balaban J connectivity index is 1.42. The molecule has 1 amide bonds. The number of carbonyl (C=O) groups is 1. The number of unbranched alkanes of at least 4 members (excludes halogenated alkanes) is 17. The fourth-order valence-electron chi connectivity index (χ4n) is 10.0. The number of allylic oxidation sites excluding steroid dienone is 13. The summed E-state index contributed by atoms with van der Waals surface area (Å²) in [6.45, 7) is 1.48. The molecule has 3 heterocycles. The van der Waals surface area contributed by atoms with E-state index in [9.17, 15) is 61.0 Å². The Hall–Kier alpha value is -3.03. The van der Waals surface area contributed by atoms with Crippen molar-refractivity contribution in [3.05, 3.63) is 85.1 Å². The molecular weight excluding hydrogens is 1070 g/mol. The molecule has 0 aliphatic carbocycles. The van der Waals surface area contributed by atoms with Crippen molar-refractivity contribution in [3.8, 4) is 0 Å². The van der Waals surface area contributed by atoms with Crippen LogP contribution in [0.5, 0.6) is 0 Å². The molecule has 19 heteroatoms. The molecule has 3 saturated heterocycles. The van der Waals surface area contributed by atoms with Crippen LogP contribution in [0.2, 0.25) is 0 Å². The van der Waals surface area contributed by atoms with E-state index in [1.54, 1.807) is 6.08 Å². The molecule has 0 aromatic carbocycles. The van der Waals surface area contributed by atoms with Gasteiger partial charge >= 0.3 is 0 Å². The van der Waals surface area contributed by atoms with Gasteiger partial charge in [-0.25, -0.2) is 0 Å². The normalized spacial score (nSPS) is 30.0. The van der Waals surface area contributed by atoms with Crippen LogP contribution in [-0.4, -0.2) is 193 Å². The lowest BCUT2D eigenvalue weighted by atomic mass is 9.96. The van der Waals surface area contributed by atoms with E-state index in [0.29, 0.717) is 12.8 Å². The number of aliphatic hydroxyl groups excluding tert-OH is 11. The topological polar surface area (TPSA) is 307 Å². The third-order valence-electron chi connectivity index (χ3n) is 15.1. The zero-order chi connectivity index (χ0) is 60.5. The molecule has 12 N–H and O–H groups in total. The highest BCUT2D eigenvalue weighted by molar-refractivity contribution is 5.76. The van der Waals surface area contributed by atoms with Crippen molar-refractivity contribution in [2.75, 3.05) is 26.4 Å². The molecular formula is C64H109NO18. The van der Waals surface area contributed by atoms with Crippen molar-refractivity contribution >= 4 is 5.91 Å². The summed E-state index contributed by atoms with van der Waals surface area (Å²) in [7, 11) is 0. The van der Waals surface area contributed by atoms with Gasteiger partial charge in [-0.2, -0.15) is 0 Å². The van der Waals surface area contributed by atoms with E-state index in [-0.39, 0.29) is 18.9 Å². The monoisotopic (exact) mass is 1180 g/mol. The summed E-state index contributed by atoms with van der Waals surface area (Å²) in [6.07, 6.45) is 30.1. The van der Waals surface area contributed by atoms with Gasteiger partial charge in [0, 0.05) is 6.42 Å². The maximum Gasteiger partial charge on any atom is 0.220 e. The first kappa shape index (κ1) is 74.2. The van der Waals surface area contributed by atoms with Crippen LogP contribution in [0, 0.1) is 0 Å². The fourth-order valence-corrected chi connectivity index (χ4v) is 10.0. The van der Waals surface area contributed by atoms with Gasteiger partial charge in [0.25, 0.3) is 0 Å². The fraction of sp³-hybridized carbons (Fsp3) is 0.766. The molecule has 3 aliphatic heterocycles. The average molecular weight is 1180 g/mol. The van der Waals surface area contributed by atoms with Gasteiger partial charge in [-0.15, -0.1) is 0 Å². The highest BCUT2D eigenvalue weighted by atomic mass is 16.8. The summed E-state index contributed by atoms with van der Waals surface area (Å²) >= 11 is 0. The van der Waals surface area contributed by atoms with Gasteiger partial charge in [-0.1, -0.05) is 182 Å². The average Bonchev–Trinajstić information content (AvgIpc) is 3.62. The van der Waals surface area contributed by atoms with Crippen LogP contribution in [-0.2, 0) is 33.2 Å². The third kappa shape index (κ3) is 29.5. The van der Waals surface area contributed by atoms with Crippen molar-refractivity contribution in [3.63, 3.8) is 0 Å². The second-order valence-corrected chi connectivity index (χ2v) is 22.1. The van der Waals surface area contributed by atoms with E-state index >= 15 is 0 Å². The summed E-state index contributed by atoms with van der Waals surface area (Å²) in [5.74, 6) is -0.296. The minimum Gasteiger partial charge on any atom is -0.394 e. The molecule has 0 bridgehead atoms. The smallest absolute Gasteiger partial charge is 0.220 e. The van der Waals surface area contributed by atoms with Crippen LogP contribution < -0.4 is 5.32 Å². The summed E-state index contributed by atoms with van der Waals surface area (Å²) in [4.78, 5) is 13.3. The van der Waals surface area contributed by atoms with Crippen LogP contribution in [0.25, 0.3) is 0 Å².